The molecule has 0 aromatic heterocycles. The number of hydrogen-bond donors (Lipinski definition) is 3. The second kappa shape index (κ2) is 5.68. The number of thioether (sulfide) groups is 1. The van der Waals surface area contributed by atoms with E-state index in [1.807, 2.05) is 24.3 Å². The summed E-state index contributed by atoms with van der Waals surface area (Å²) in [5, 5.41) is -0.0463. The zero-order valence-electron chi connectivity index (χ0n) is 11.3. The van der Waals surface area contributed by atoms with Gasteiger partial charge in [0.2, 0.25) is 0 Å². The van der Waals surface area contributed by atoms with E-state index in [1.54, 1.807) is 6.92 Å². The highest BCUT2D eigenvalue weighted by Crippen LogP contribution is 2.50. The lowest BCUT2D eigenvalue weighted by Crippen LogP contribution is -2.39. The molecule has 3 unspecified atom stereocenters. The standard InChI is InChI=1S/C13H16BrN3O2S2/c1-2-21(18,19)13-9(7-3-5-8(14)6-4-7)10-11(15)16-17-12(10)20-13/h3-6,10-12,16-17H,2,15H2,1H3. The van der Waals surface area contributed by atoms with Crippen molar-refractivity contribution in [3.8, 4) is 0 Å². The lowest BCUT2D eigenvalue weighted by molar-refractivity contribution is 0.539. The number of rotatable bonds is 3. The van der Waals surface area contributed by atoms with E-state index in [9.17, 15) is 8.42 Å². The van der Waals surface area contributed by atoms with Gasteiger partial charge in [0.25, 0.3) is 0 Å². The number of nitrogens with one attached hydrogen (secondary N) is 2. The molecule has 21 heavy (non-hydrogen) atoms. The number of hydrazine groups is 1. The Bertz CT molecular complexity index is 688. The van der Waals surface area contributed by atoms with Gasteiger partial charge in [0.05, 0.1) is 17.3 Å². The summed E-state index contributed by atoms with van der Waals surface area (Å²) in [4.78, 5) is 0. The van der Waals surface area contributed by atoms with Gasteiger partial charge in [-0.1, -0.05) is 46.7 Å². The summed E-state index contributed by atoms with van der Waals surface area (Å²) in [6, 6.07) is 7.69. The Morgan fingerprint density at radius 3 is 2.57 bits per heavy atom. The van der Waals surface area contributed by atoms with Crippen molar-refractivity contribution in [2.45, 2.75) is 18.5 Å². The molecule has 1 saturated heterocycles. The van der Waals surface area contributed by atoms with Crippen LogP contribution in [0.15, 0.2) is 33.0 Å². The Morgan fingerprint density at radius 1 is 1.29 bits per heavy atom. The van der Waals surface area contributed by atoms with Crippen LogP contribution in [0.2, 0.25) is 0 Å². The molecule has 4 N–H and O–H groups in total. The van der Waals surface area contributed by atoms with Gasteiger partial charge in [0, 0.05) is 10.4 Å². The molecule has 1 aromatic carbocycles. The molecule has 2 heterocycles. The quantitative estimate of drug-likeness (QED) is 0.728. The van der Waals surface area contributed by atoms with Crippen LogP contribution in [0.25, 0.3) is 5.57 Å². The third kappa shape index (κ3) is 2.69. The Morgan fingerprint density at radius 2 is 1.95 bits per heavy atom. The molecule has 2 aliphatic rings. The van der Waals surface area contributed by atoms with Gasteiger partial charge in [-0.2, -0.15) is 0 Å². The molecular formula is C13H16BrN3O2S2. The van der Waals surface area contributed by atoms with Crippen LogP contribution in [0, 0.1) is 5.92 Å². The fourth-order valence-electron chi connectivity index (χ4n) is 2.61. The highest BCUT2D eigenvalue weighted by Gasteiger charge is 2.47. The minimum Gasteiger partial charge on any atom is -0.314 e. The van der Waals surface area contributed by atoms with Crippen LogP contribution in [-0.2, 0) is 9.84 Å². The maximum Gasteiger partial charge on any atom is 0.184 e. The molecule has 1 fully saturated rings. The first-order valence-corrected chi connectivity index (χ1v) is 9.92. The molecule has 0 bridgehead atoms. The van der Waals surface area contributed by atoms with Crippen LogP contribution in [-0.4, -0.2) is 25.7 Å². The summed E-state index contributed by atoms with van der Waals surface area (Å²) in [6.45, 7) is 1.67. The van der Waals surface area contributed by atoms with Crippen molar-refractivity contribution in [2.75, 3.05) is 5.75 Å². The minimum atomic E-state index is -3.26. The lowest BCUT2D eigenvalue weighted by atomic mass is 9.92. The second-order valence-electron chi connectivity index (χ2n) is 4.99. The first kappa shape index (κ1) is 15.5. The van der Waals surface area contributed by atoms with Crippen LogP contribution >= 0.6 is 27.7 Å². The van der Waals surface area contributed by atoms with Crippen molar-refractivity contribution < 1.29 is 8.42 Å². The predicted molar refractivity (Wildman–Crippen MR) is 89.6 cm³/mol. The van der Waals surface area contributed by atoms with Crippen molar-refractivity contribution in [1.82, 2.24) is 10.9 Å². The topological polar surface area (TPSA) is 84.2 Å². The summed E-state index contributed by atoms with van der Waals surface area (Å²) < 4.78 is 26.2. The van der Waals surface area contributed by atoms with Gasteiger partial charge in [0.1, 0.15) is 4.24 Å². The van der Waals surface area contributed by atoms with E-state index in [2.05, 4.69) is 26.8 Å². The molecule has 0 spiro atoms. The molecule has 114 valence electrons. The Kier molecular flexibility index (Phi) is 4.19. The van der Waals surface area contributed by atoms with Crippen LogP contribution in [0.4, 0.5) is 0 Å². The molecule has 0 saturated carbocycles. The fraction of sp³-hybridized carbons (Fsp3) is 0.385. The molecule has 3 rings (SSSR count). The zero-order valence-corrected chi connectivity index (χ0v) is 14.6. The summed E-state index contributed by atoms with van der Waals surface area (Å²) in [7, 11) is -3.26. The third-order valence-electron chi connectivity index (χ3n) is 3.71. The van der Waals surface area contributed by atoms with E-state index in [-0.39, 0.29) is 23.2 Å². The Labute approximate surface area is 136 Å². The van der Waals surface area contributed by atoms with Gasteiger partial charge >= 0.3 is 0 Å². The van der Waals surface area contributed by atoms with Crippen molar-refractivity contribution in [2.24, 2.45) is 11.7 Å². The molecule has 0 radical (unpaired) electrons. The molecule has 5 nitrogen and oxygen atoms in total. The van der Waals surface area contributed by atoms with E-state index in [4.69, 9.17) is 5.73 Å². The molecule has 1 aromatic rings. The SMILES string of the molecule is CCS(=O)(=O)C1=C(c2ccc(Br)cc2)C2C(N)NNC2S1. The number of fused-ring (bicyclic) bond motifs is 1. The van der Waals surface area contributed by atoms with Gasteiger partial charge in [-0.15, -0.1) is 0 Å². The first-order valence-electron chi connectivity index (χ1n) is 6.60. The van der Waals surface area contributed by atoms with E-state index >= 15 is 0 Å². The molecular weight excluding hydrogens is 374 g/mol. The van der Waals surface area contributed by atoms with Crippen LogP contribution in [0.3, 0.4) is 0 Å². The number of benzene rings is 1. The van der Waals surface area contributed by atoms with E-state index in [0.29, 0.717) is 4.24 Å². The second-order valence-corrected chi connectivity index (χ2v) is 9.53. The normalized spacial score (nSPS) is 29.0. The Hall–Kier alpha value is -0.380. The zero-order chi connectivity index (χ0) is 15.2. The Balaban J connectivity index is 2.16. The summed E-state index contributed by atoms with van der Waals surface area (Å²) >= 11 is 4.75. The van der Waals surface area contributed by atoms with E-state index in [0.717, 1.165) is 15.6 Å². The van der Waals surface area contributed by atoms with Gasteiger partial charge in [-0.05, 0) is 23.3 Å². The molecule has 8 heteroatoms. The van der Waals surface area contributed by atoms with Crippen LogP contribution < -0.4 is 16.6 Å². The van der Waals surface area contributed by atoms with Crippen molar-refractivity contribution in [3.63, 3.8) is 0 Å². The predicted octanol–water partition coefficient (Wildman–Crippen LogP) is 1.63. The van der Waals surface area contributed by atoms with Gasteiger partial charge < -0.3 is 5.73 Å². The number of sulfone groups is 1. The summed E-state index contributed by atoms with van der Waals surface area (Å²) in [5.74, 6) is 0.0322. The largest absolute Gasteiger partial charge is 0.314 e. The van der Waals surface area contributed by atoms with Crippen molar-refractivity contribution >= 4 is 43.1 Å². The molecule has 0 amide bonds. The number of nitrogens with two attached hydrogens (primary N) is 1. The van der Waals surface area contributed by atoms with Gasteiger partial charge in [-0.3, -0.25) is 0 Å². The molecule has 0 aliphatic carbocycles. The number of hydrogen-bond acceptors (Lipinski definition) is 6. The summed E-state index contributed by atoms with van der Waals surface area (Å²) in [5.41, 5.74) is 13.9. The van der Waals surface area contributed by atoms with Gasteiger partial charge in [-0.25, -0.2) is 19.3 Å². The van der Waals surface area contributed by atoms with Crippen molar-refractivity contribution in [3.05, 3.63) is 38.5 Å². The highest BCUT2D eigenvalue weighted by molar-refractivity contribution is 9.10. The molecule has 3 atom stereocenters. The lowest BCUT2D eigenvalue weighted by Gasteiger charge is -2.17. The number of halogens is 1. The maximum absolute atomic E-state index is 12.4. The van der Waals surface area contributed by atoms with Crippen LogP contribution in [0.5, 0.6) is 0 Å². The van der Waals surface area contributed by atoms with Gasteiger partial charge in [0.15, 0.2) is 9.84 Å². The van der Waals surface area contributed by atoms with Crippen LogP contribution in [0.1, 0.15) is 12.5 Å². The first-order chi connectivity index (χ1) is 9.94. The minimum absolute atomic E-state index is 0.0463. The summed E-state index contributed by atoms with van der Waals surface area (Å²) in [6.07, 6.45) is -0.300. The maximum atomic E-state index is 12.4. The average molecular weight is 390 g/mol. The van der Waals surface area contributed by atoms with Crippen molar-refractivity contribution in [1.29, 1.82) is 0 Å². The smallest absolute Gasteiger partial charge is 0.184 e. The highest BCUT2D eigenvalue weighted by atomic mass is 79.9. The van der Waals surface area contributed by atoms with E-state index in [1.165, 1.54) is 11.8 Å². The molecule has 2 aliphatic heterocycles. The average Bonchev–Trinajstić information content (AvgIpc) is 3.01. The van der Waals surface area contributed by atoms with E-state index < -0.39 is 9.84 Å². The fourth-order valence-corrected chi connectivity index (χ4v) is 6.16. The monoisotopic (exact) mass is 389 g/mol. The third-order valence-corrected chi connectivity index (χ3v) is 7.93.